The zero-order chi connectivity index (χ0) is 24.2. The minimum atomic E-state index is -0.244. The van der Waals surface area contributed by atoms with Gasteiger partial charge in [-0.05, 0) is 26.2 Å². The molecule has 1 aliphatic heterocycles. The van der Waals surface area contributed by atoms with Gasteiger partial charge in [0, 0.05) is 13.0 Å². The van der Waals surface area contributed by atoms with Crippen LogP contribution in [0.1, 0.15) is 156 Å². The molecule has 0 aromatic carbocycles. The lowest BCUT2D eigenvalue weighted by molar-refractivity contribution is -0.140. The van der Waals surface area contributed by atoms with Crippen molar-refractivity contribution in [2.24, 2.45) is 0 Å². The molecule has 0 N–H and O–H groups in total. The molecule has 33 heavy (non-hydrogen) atoms. The van der Waals surface area contributed by atoms with Gasteiger partial charge in [0.15, 0.2) is 0 Å². The summed E-state index contributed by atoms with van der Waals surface area (Å²) in [4.78, 5) is 26.1. The number of Topliss-reactive ketones (excluding diaryl/α,β-unsaturated/α-hetero) is 1. The minimum absolute atomic E-state index is 0.132. The fourth-order valence-electron chi connectivity index (χ4n) is 5.09. The number of amides is 1. The Bertz CT molecular complexity index is 539. The molecule has 1 amide bonds. The van der Waals surface area contributed by atoms with Gasteiger partial charge in [-0.1, -0.05) is 135 Å². The van der Waals surface area contributed by atoms with Crippen LogP contribution in [-0.4, -0.2) is 29.2 Å². The average molecular weight is 462 g/mol. The van der Waals surface area contributed by atoms with E-state index >= 15 is 0 Å². The van der Waals surface area contributed by atoms with E-state index in [0.29, 0.717) is 13.0 Å². The summed E-state index contributed by atoms with van der Waals surface area (Å²) in [5.41, 5.74) is 1.30. The Hall–Kier alpha value is -1.12. The van der Waals surface area contributed by atoms with Crippen LogP contribution >= 0.6 is 0 Å². The molecule has 1 unspecified atom stereocenters. The maximum absolute atomic E-state index is 12.4. The Kier molecular flexibility index (Phi) is 18.4. The van der Waals surface area contributed by atoms with Crippen molar-refractivity contribution >= 4 is 11.7 Å². The fourth-order valence-corrected chi connectivity index (χ4v) is 5.09. The van der Waals surface area contributed by atoms with E-state index in [1.807, 2.05) is 4.90 Å². The summed E-state index contributed by atoms with van der Waals surface area (Å²) in [5, 5.41) is 0. The molecule has 3 nitrogen and oxygen atoms in total. The summed E-state index contributed by atoms with van der Waals surface area (Å²) < 4.78 is 0. The number of allylic oxidation sites excluding steroid dienone is 1. The van der Waals surface area contributed by atoms with Gasteiger partial charge in [0.2, 0.25) is 5.78 Å². The highest BCUT2D eigenvalue weighted by molar-refractivity contribution is 6.38. The Labute approximate surface area is 206 Å². The zero-order valence-corrected chi connectivity index (χ0v) is 22.5. The zero-order valence-electron chi connectivity index (χ0n) is 22.5. The number of hydrogen-bond acceptors (Lipinski definition) is 2. The van der Waals surface area contributed by atoms with E-state index in [0.717, 1.165) is 19.3 Å². The third-order valence-corrected chi connectivity index (χ3v) is 7.34. The second-order valence-electron chi connectivity index (χ2n) is 10.4. The van der Waals surface area contributed by atoms with Crippen LogP contribution in [0.5, 0.6) is 0 Å². The third-order valence-electron chi connectivity index (χ3n) is 7.34. The van der Waals surface area contributed by atoms with Crippen molar-refractivity contribution in [1.29, 1.82) is 0 Å². The van der Waals surface area contributed by atoms with Crippen LogP contribution in [0.4, 0.5) is 0 Å². The highest BCUT2D eigenvalue weighted by Gasteiger charge is 2.34. The molecular weight excluding hydrogens is 406 g/mol. The van der Waals surface area contributed by atoms with E-state index < -0.39 is 0 Å². The largest absolute Gasteiger partial charge is 0.329 e. The van der Waals surface area contributed by atoms with Crippen molar-refractivity contribution in [2.75, 3.05) is 6.54 Å². The van der Waals surface area contributed by atoms with Gasteiger partial charge in [-0.3, -0.25) is 9.59 Å². The van der Waals surface area contributed by atoms with Gasteiger partial charge in [0.1, 0.15) is 0 Å². The van der Waals surface area contributed by atoms with Gasteiger partial charge in [0.25, 0.3) is 5.91 Å². The second-order valence-corrected chi connectivity index (χ2v) is 10.4. The Morgan fingerprint density at radius 1 is 0.727 bits per heavy atom. The van der Waals surface area contributed by atoms with Crippen LogP contribution < -0.4 is 0 Å². The van der Waals surface area contributed by atoms with Crippen LogP contribution in [0.25, 0.3) is 0 Å². The van der Waals surface area contributed by atoms with Crippen molar-refractivity contribution < 1.29 is 9.59 Å². The van der Waals surface area contributed by atoms with E-state index in [9.17, 15) is 9.59 Å². The number of carbonyl (C=O) groups excluding carboxylic acids is 2. The normalized spacial score (nSPS) is 15.6. The first-order valence-electron chi connectivity index (χ1n) is 14.6. The maximum Gasteiger partial charge on any atom is 0.290 e. The van der Waals surface area contributed by atoms with Gasteiger partial charge in [-0.15, -0.1) is 0 Å². The average Bonchev–Trinajstić information content (AvgIpc) is 3.14. The molecule has 0 radical (unpaired) electrons. The molecular formula is C30H55NO2. The number of hydrogen-bond donors (Lipinski definition) is 0. The summed E-state index contributed by atoms with van der Waals surface area (Å²) >= 11 is 0. The number of carbonyl (C=O) groups is 2. The van der Waals surface area contributed by atoms with Crippen LogP contribution in [0.2, 0.25) is 0 Å². The molecule has 0 spiro atoms. The number of ketones is 1. The Balaban J connectivity index is 2.32. The molecule has 1 rings (SSSR count). The van der Waals surface area contributed by atoms with Crippen molar-refractivity contribution in [3.05, 3.63) is 11.6 Å². The minimum Gasteiger partial charge on any atom is -0.329 e. The predicted molar refractivity (Wildman–Crippen MR) is 143 cm³/mol. The molecule has 3 heteroatoms. The Morgan fingerprint density at radius 2 is 1.18 bits per heavy atom. The first-order chi connectivity index (χ1) is 16.1. The van der Waals surface area contributed by atoms with Gasteiger partial charge in [-0.25, -0.2) is 0 Å². The topological polar surface area (TPSA) is 37.4 Å². The van der Waals surface area contributed by atoms with Crippen molar-refractivity contribution in [1.82, 2.24) is 4.90 Å². The van der Waals surface area contributed by atoms with Gasteiger partial charge >= 0.3 is 0 Å². The molecule has 192 valence electrons. The van der Waals surface area contributed by atoms with Crippen LogP contribution in [0, 0.1) is 0 Å². The number of unbranched alkanes of at least 4 members (excludes halogenated alkanes) is 17. The first-order valence-corrected chi connectivity index (χ1v) is 14.6. The molecule has 0 aromatic heterocycles. The smallest absolute Gasteiger partial charge is 0.290 e. The van der Waals surface area contributed by atoms with E-state index in [-0.39, 0.29) is 17.7 Å². The van der Waals surface area contributed by atoms with E-state index in [1.54, 1.807) is 0 Å². The quantitative estimate of drug-likeness (QED) is 0.0916. The fraction of sp³-hybridized carbons (Fsp3) is 0.867. The summed E-state index contributed by atoms with van der Waals surface area (Å²) in [6.45, 7) is 7.33. The summed E-state index contributed by atoms with van der Waals surface area (Å²) in [5.74, 6) is -0.439. The summed E-state index contributed by atoms with van der Waals surface area (Å²) in [7, 11) is 0. The van der Waals surface area contributed by atoms with Gasteiger partial charge < -0.3 is 4.90 Å². The van der Waals surface area contributed by atoms with E-state index in [1.165, 1.54) is 115 Å². The third kappa shape index (κ3) is 14.0. The van der Waals surface area contributed by atoms with E-state index in [4.69, 9.17) is 0 Å². The molecule has 1 heterocycles. The molecule has 1 fully saturated rings. The molecule has 0 saturated carbocycles. The molecule has 0 aliphatic carbocycles. The monoisotopic (exact) mass is 461 g/mol. The van der Waals surface area contributed by atoms with Gasteiger partial charge in [0.05, 0.1) is 6.04 Å². The van der Waals surface area contributed by atoms with Crippen molar-refractivity contribution in [3.8, 4) is 0 Å². The lowest BCUT2D eigenvalue weighted by atomic mass is 9.97. The van der Waals surface area contributed by atoms with Crippen molar-refractivity contribution in [3.63, 3.8) is 0 Å². The number of likely N-dealkylation sites (tertiary alicyclic amines) is 1. The SMILES string of the molecule is CCCCCCCCCCC=C(C)C(CCCCCCCCCCCC)N1CCC(=O)C1=O. The highest BCUT2D eigenvalue weighted by atomic mass is 16.2. The Morgan fingerprint density at radius 3 is 1.64 bits per heavy atom. The molecule has 0 bridgehead atoms. The standard InChI is InChI=1S/C30H55NO2/c1-4-6-8-10-12-14-16-18-20-22-24-28(31-26-25-29(32)30(31)33)27(3)23-21-19-17-15-13-11-9-7-5-2/h23,28H,4-22,24-26H2,1-3H3. The highest BCUT2D eigenvalue weighted by Crippen LogP contribution is 2.24. The summed E-state index contributed by atoms with van der Waals surface area (Å²) in [6.07, 6.45) is 28.9. The van der Waals surface area contributed by atoms with Crippen molar-refractivity contribution in [2.45, 2.75) is 162 Å². The maximum atomic E-state index is 12.4. The van der Waals surface area contributed by atoms with Crippen LogP contribution in [0.15, 0.2) is 11.6 Å². The van der Waals surface area contributed by atoms with Crippen LogP contribution in [-0.2, 0) is 9.59 Å². The van der Waals surface area contributed by atoms with Crippen LogP contribution in [0.3, 0.4) is 0 Å². The van der Waals surface area contributed by atoms with Gasteiger partial charge in [-0.2, -0.15) is 0 Å². The van der Waals surface area contributed by atoms with E-state index in [2.05, 4.69) is 26.8 Å². The second kappa shape index (κ2) is 20.3. The lowest BCUT2D eigenvalue weighted by Gasteiger charge is -2.28. The summed E-state index contributed by atoms with van der Waals surface area (Å²) in [6, 6.07) is 0.132. The lowest BCUT2D eigenvalue weighted by Crippen LogP contribution is -2.38. The molecule has 1 saturated heterocycles. The first kappa shape index (κ1) is 29.9. The number of rotatable bonds is 22. The molecule has 0 aromatic rings. The number of nitrogens with zero attached hydrogens (tertiary/aromatic N) is 1. The molecule has 1 aliphatic rings. The predicted octanol–water partition coefficient (Wildman–Crippen LogP) is 8.94. The molecule has 1 atom stereocenters.